The van der Waals surface area contributed by atoms with Crippen LogP contribution in [0.1, 0.15) is 17.2 Å². The van der Waals surface area contributed by atoms with Gasteiger partial charge in [0.15, 0.2) is 0 Å². The molecule has 0 fully saturated rings. The van der Waals surface area contributed by atoms with E-state index in [9.17, 15) is 0 Å². The second-order valence-corrected chi connectivity index (χ2v) is 5.62. The first kappa shape index (κ1) is 14.4. The summed E-state index contributed by atoms with van der Waals surface area (Å²) in [6, 6.07) is 13.6. The highest BCUT2D eigenvalue weighted by Crippen LogP contribution is 2.28. The van der Waals surface area contributed by atoms with Gasteiger partial charge in [0.25, 0.3) is 0 Å². The molecule has 0 saturated heterocycles. The van der Waals surface area contributed by atoms with Crippen LogP contribution in [0.25, 0.3) is 0 Å². The minimum atomic E-state index is -0.0524. The van der Waals surface area contributed by atoms with Gasteiger partial charge in [-0.25, -0.2) is 0 Å². The number of hydrogen-bond acceptors (Lipinski definition) is 2. The van der Waals surface area contributed by atoms with Crippen molar-refractivity contribution in [2.24, 2.45) is 5.73 Å². The molecule has 4 heteroatoms. The SMILES string of the molecule is COc1ccc(C(N)Cc2ccc(Cl)cc2)cc1Br. The zero-order chi connectivity index (χ0) is 13.8. The summed E-state index contributed by atoms with van der Waals surface area (Å²) in [7, 11) is 1.65. The summed E-state index contributed by atoms with van der Waals surface area (Å²) in [5.74, 6) is 0.808. The molecule has 0 bridgehead atoms. The van der Waals surface area contributed by atoms with Crippen molar-refractivity contribution < 1.29 is 4.74 Å². The van der Waals surface area contributed by atoms with Gasteiger partial charge in [0.1, 0.15) is 5.75 Å². The number of methoxy groups -OCH3 is 1. The Morgan fingerprint density at radius 2 is 1.89 bits per heavy atom. The van der Waals surface area contributed by atoms with Gasteiger partial charge in [-0.3, -0.25) is 0 Å². The Labute approximate surface area is 126 Å². The van der Waals surface area contributed by atoms with Crippen molar-refractivity contribution in [3.05, 3.63) is 63.1 Å². The van der Waals surface area contributed by atoms with E-state index in [2.05, 4.69) is 15.9 Å². The topological polar surface area (TPSA) is 35.2 Å². The van der Waals surface area contributed by atoms with Crippen molar-refractivity contribution in [1.82, 2.24) is 0 Å². The Morgan fingerprint density at radius 1 is 1.21 bits per heavy atom. The third-order valence-electron chi connectivity index (χ3n) is 2.97. The highest BCUT2D eigenvalue weighted by molar-refractivity contribution is 9.10. The Balaban J connectivity index is 2.13. The van der Waals surface area contributed by atoms with Crippen LogP contribution < -0.4 is 10.5 Å². The molecule has 0 aromatic heterocycles. The Kier molecular flexibility index (Phi) is 4.86. The smallest absolute Gasteiger partial charge is 0.133 e. The Hall–Kier alpha value is -1.03. The molecule has 0 saturated carbocycles. The normalized spacial score (nSPS) is 12.2. The maximum absolute atomic E-state index is 6.23. The fourth-order valence-corrected chi connectivity index (χ4v) is 2.59. The van der Waals surface area contributed by atoms with Gasteiger partial charge in [-0.15, -0.1) is 0 Å². The van der Waals surface area contributed by atoms with E-state index in [1.165, 1.54) is 5.56 Å². The summed E-state index contributed by atoms with van der Waals surface area (Å²) in [5, 5.41) is 0.740. The Bertz CT molecular complexity index is 557. The summed E-state index contributed by atoms with van der Waals surface area (Å²) in [5.41, 5.74) is 8.47. The van der Waals surface area contributed by atoms with Gasteiger partial charge in [-0.05, 0) is 57.7 Å². The lowest BCUT2D eigenvalue weighted by Crippen LogP contribution is -2.13. The third-order valence-corrected chi connectivity index (χ3v) is 3.84. The lowest BCUT2D eigenvalue weighted by atomic mass is 10.00. The maximum atomic E-state index is 6.23. The first-order valence-corrected chi connectivity index (χ1v) is 7.10. The zero-order valence-corrected chi connectivity index (χ0v) is 12.9. The van der Waals surface area contributed by atoms with Crippen molar-refractivity contribution in [3.63, 3.8) is 0 Å². The van der Waals surface area contributed by atoms with Crippen LogP contribution in [0, 0.1) is 0 Å². The van der Waals surface area contributed by atoms with Crippen molar-refractivity contribution in [2.75, 3.05) is 7.11 Å². The molecule has 19 heavy (non-hydrogen) atoms. The summed E-state index contributed by atoms with van der Waals surface area (Å²) < 4.78 is 6.12. The predicted octanol–water partition coefficient (Wildman–Crippen LogP) is 4.35. The van der Waals surface area contributed by atoms with Crippen LogP contribution in [0.15, 0.2) is 46.9 Å². The number of benzene rings is 2. The van der Waals surface area contributed by atoms with E-state index in [1.54, 1.807) is 7.11 Å². The van der Waals surface area contributed by atoms with Crippen LogP contribution in [0.5, 0.6) is 5.75 Å². The van der Waals surface area contributed by atoms with E-state index < -0.39 is 0 Å². The second kappa shape index (κ2) is 6.42. The lowest BCUT2D eigenvalue weighted by Gasteiger charge is -2.14. The standard InChI is InChI=1S/C15H15BrClNO/c1-19-15-7-4-11(9-13(15)16)14(18)8-10-2-5-12(17)6-3-10/h2-7,9,14H,8,18H2,1H3. The highest BCUT2D eigenvalue weighted by Gasteiger charge is 2.09. The molecule has 0 aliphatic heterocycles. The van der Waals surface area contributed by atoms with Crippen molar-refractivity contribution in [3.8, 4) is 5.75 Å². The van der Waals surface area contributed by atoms with Gasteiger partial charge in [-0.1, -0.05) is 29.8 Å². The first-order chi connectivity index (χ1) is 9.10. The van der Waals surface area contributed by atoms with Crippen molar-refractivity contribution in [2.45, 2.75) is 12.5 Å². The van der Waals surface area contributed by atoms with Crippen molar-refractivity contribution in [1.29, 1.82) is 0 Å². The molecule has 1 unspecified atom stereocenters. The molecule has 2 nitrogen and oxygen atoms in total. The van der Waals surface area contributed by atoms with E-state index in [0.29, 0.717) is 0 Å². The maximum Gasteiger partial charge on any atom is 0.133 e. The number of halogens is 2. The molecule has 0 spiro atoms. The number of ether oxygens (including phenoxy) is 1. The Morgan fingerprint density at radius 3 is 2.47 bits per heavy atom. The monoisotopic (exact) mass is 339 g/mol. The van der Waals surface area contributed by atoms with E-state index in [1.807, 2.05) is 42.5 Å². The van der Waals surface area contributed by atoms with Crippen LogP contribution in [-0.4, -0.2) is 7.11 Å². The molecule has 100 valence electrons. The minimum absolute atomic E-state index is 0.0524. The second-order valence-electron chi connectivity index (χ2n) is 4.33. The van der Waals surface area contributed by atoms with E-state index in [4.69, 9.17) is 22.1 Å². The van der Waals surface area contributed by atoms with E-state index in [0.717, 1.165) is 27.2 Å². The van der Waals surface area contributed by atoms with Gasteiger partial charge < -0.3 is 10.5 Å². The molecular formula is C15H15BrClNO. The number of rotatable bonds is 4. The molecular weight excluding hydrogens is 326 g/mol. The van der Waals surface area contributed by atoms with Gasteiger partial charge in [0.05, 0.1) is 11.6 Å². The van der Waals surface area contributed by atoms with E-state index in [-0.39, 0.29) is 6.04 Å². The third kappa shape index (κ3) is 3.72. The number of nitrogens with two attached hydrogens (primary N) is 1. The van der Waals surface area contributed by atoms with Crippen molar-refractivity contribution >= 4 is 27.5 Å². The van der Waals surface area contributed by atoms with Gasteiger partial charge in [0, 0.05) is 11.1 Å². The van der Waals surface area contributed by atoms with Crippen LogP contribution in [0.4, 0.5) is 0 Å². The molecule has 0 aliphatic rings. The molecule has 0 heterocycles. The summed E-state index contributed by atoms with van der Waals surface area (Å²) >= 11 is 9.34. The molecule has 1 atom stereocenters. The van der Waals surface area contributed by atoms with Crippen LogP contribution >= 0.6 is 27.5 Å². The average Bonchev–Trinajstić information content (AvgIpc) is 2.41. The molecule has 2 aromatic carbocycles. The summed E-state index contributed by atoms with van der Waals surface area (Å²) in [6.45, 7) is 0. The molecule has 0 radical (unpaired) electrons. The first-order valence-electron chi connectivity index (χ1n) is 5.93. The van der Waals surface area contributed by atoms with Gasteiger partial charge in [-0.2, -0.15) is 0 Å². The summed E-state index contributed by atoms with van der Waals surface area (Å²) in [4.78, 5) is 0. The van der Waals surface area contributed by atoms with Crippen LogP contribution in [0.2, 0.25) is 5.02 Å². The fourth-order valence-electron chi connectivity index (χ4n) is 1.91. The van der Waals surface area contributed by atoms with Gasteiger partial charge >= 0.3 is 0 Å². The zero-order valence-electron chi connectivity index (χ0n) is 10.6. The van der Waals surface area contributed by atoms with E-state index >= 15 is 0 Å². The van der Waals surface area contributed by atoms with Crippen LogP contribution in [-0.2, 0) is 6.42 Å². The van der Waals surface area contributed by atoms with Gasteiger partial charge in [0.2, 0.25) is 0 Å². The molecule has 0 aliphatic carbocycles. The van der Waals surface area contributed by atoms with Crippen LogP contribution in [0.3, 0.4) is 0 Å². The predicted molar refractivity (Wildman–Crippen MR) is 82.8 cm³/mol. The lowest BCUT2D eigenvalue weighted by molar-refractivity contribution is 0.412. The largest absolute Gasteiger partial charge is 0.496 e. The quantitative estimate of drug-likeness (QED) is 0.898. The fraction of sp³-hybridized carbons (Fsp3) is 0.200. The molecule has 0 amide bonds. The molecule has 2 N–H and O–H groups in total. The summed E-state index contributed by atoms with van der Waals surface area (Å²) in [6.07, 6.45) is 0.774. The molecule has 2 rings (SSSR count). The highest BCUT2D eigenvalue weighted by atomic mass is 79.9. The number of hydrogen-bond donors (Lipinski definition) is 1. The average molecular weight is 341 g/mol. The molecule has 2 aromatic rings. The minimum Gasteiger partial charge on any atom is -0.496 e.